The number of hydroxylamine groups is 1. The van der Waals surface area contributed by atoms with Crippen molar-refractivity contribution in [2.75, 3.05) is 0 Å². The third-order valence-corrected chi connectivity index (χ3v) is 7.37. The van der Waals surface area contributed by atoms with E-state index in [-0.39, 0.29) is 26.3 Å². The molecule has 0 fully saturated rings. The predicted octanol–water partition coefficient (Wildman–Crippen LogP) is 3.00. The van der Waals surface area contributed by atoms with Crippen molar-refractivity contribution in [1.29, 1.82) is 0 Å². The summed E-state index contributed by atoms with van der Waals surface area (Å²) in [5.74, 6) is 0. The summed E-state index contributed by atoms with van der Waals surface area (Å²) in [4.78, 5) is 17.2. The van der Waals surface area contributed by atoms with Crippen molar-refractivity contribution in [3.05, 3.63) is 63.6 Å². The molecular weight excluding hydrogens is 401 g/mol. The summed E-state index contributed by atoms with van der Waals surface area (Å²) in [6.45, 7) is 3.71. The van der Waals surface area contributed by atoms with Crippen molar-refractivity contribution in [2.24, 2.45) is 0 Å². The Morgan fingerprint density at radius 3 is 2.84 bits per heavy atom. The molecule has 0 saturated heterocycles. The Labute approximate surface area is 154 Å². The van der Waals surface area contributed by atoms with E-state index in [0.717, 1.165) is 35.3 Å². The summed E-state index contributed by atoms with van der Waals surface area (Å²) >= 11 is 1.40. The van der Waals surface area contributed by atoms with E-state index in [0.29, 0.717) is 0 Å². The Hall–Kier alpha value is -2.21. The zero-order valence-corrected chi connectivity index (χ0v) is 16.2. The third kappa shape index (κ3) is 2.95. The number of hydrogen-bond donors (Lipinski definition) is 0. The van der Waals surface area contributed by atoms with Gasteiger partial charge in [0.05, 0.1) is 0 Å². The standard InChI is InChI=1S/C18H15N3O2SSe/c1-11(2)20(23)10-12-7-8-14-15(9-12)24-18(19-14)21-17(22)13-5-3-4-6-16(13)25-21/h3-11H,1-2H3. The number of fused-ring (bicyclic) bond motifs is 2. The maximum absolute atomic E-state index is 12.6. The molecule has 0 spiro atoms. The quantitative estimate of drug-likeness (QED) is 0.170. The van der Waals surface area contributed by atoms with E-state index >= 15 is 0 Å². The van der Waals surface area contributed by atoms with Crippen LogP contribution in [-0.2, 0) is 0 Å². The average molecular weight is 416 g/mol. The fourth-order valence-electron chi connectivity index (χ4n) is 2.49. The summed E-state index contributed by atoms with van der Waals surface area (Å²) in [6.07, 6.45) is 1.59. The van der Waals surface area contributed by atoms with Gasteiger partial charge in [-0.1, -0.05) is 0 Å². The second kappa shape index (κ2) is 6.26. The monoisotopic (exact) mass is 417 g/mol. The average Bonchev–Trinajstić information content (AvgIpc) is 3.16. The van der Waals surface area contributed by atoms with Crippen LogP contribution in [0, 0.1) is 5.21 Å². The Balaban J connectivity index is 1.82. The van der Waals surface area contributed by atoms with Crippen molar-refractivity contribution in [3.63, 3.8) is 0 Å². The van der Waals surface area contributed by atoms with Crippen molar-refractivity contribution < 1.29 is 4.74 Å². The van der Waals surface area contributed by atoms with Crippen molar-refractivity contribution in [2.45, 2.75) is 19.9 Å². The SMILES string of the molecule is CC(C)[N+]([O-])=Cc1ccc2nc(-n3[se]c4ccccc4c3=O)sc2c1. The number of hydrogen-bond acceptors (Lipinski definition) is 4. The summed E-state index contributed by atoms with van der Waals surface area (Å²) in [7, 11) is 0. The molecule has 0 atom stereocenters. The van der Waals surface area contributed by atoms with Gasteiger partial charge in [0, 0.05) is 0 Å². The Kier molecular flexibility index (Phi) is 4.07. The molecule has 7 heteroatoms. The van der Waals surface area contributed by atoms with E-state index in [1.54, 1.807) is 9.78 Å². The Morgan fingerprint density at radius 1 is 1.28 bits per heavy atom. The molecule has 0 unspecified atom stereocenters. The van der Waals surface area contributed by atoms with E-state index in [4.69, 9.17) is 0 Å². The van der Waals surface area contributed by atoms with Crippen molar-refractivity contribution in [1.82, 2.24) is 8.55 Å². The zero-order valence-electron chi connectivity index (χ0n) is 13.7. The van der Waals surface area contributed by atoms with E-state index in [1.165, 1.54) is 11.3 Å². The molecule has 126 valence electrons. The molecule has 4 aromatic rings. The van der Waals surface area contributed by atoms with Crippen LogP contribution in [0.5, 0.6) is 0 Å². The molecule has 0 amide bonds. The van der Waals surface area contributed by atoms with E-state index in [1.807, 2.05) is 56.3 Å². The second-order valence-electron chi connectivity index (χ2n) is 5.99. The van der Waals surface area contributed by atoms with Crippen LogP contribution in [0.15, 0.2) is 47.3 Å². The molecule has 0 bridgehead atoms. The van der Waals surface area contributed by atoms with Crippen LogP contribution in [0.2, 0.25) is 0 Å². The van der Waals surface area contributed by atoms with Gasteiger partial charge in [-0.2, -0.15) is 0 Å². The number of aromatic nitrogens is 2. The third-order valence-electron chi connectivity index (χ3n) is 3.85. The predicted molar refractivity (Wildman–Crippen MR) is 104 cm³/mol. The molecule has 0 saturated carbocycles. The number of thiazole rings is 1. The van der Waals surface area contributed by atoms with E-state index in [2.05, 4.69) is 4.98 Å². The molecule has 0 aliphatic heterocycles. The molecule has 0 radical (unpaired) electrons. The van der Waals surface area contributed by atoms with Crippen LogP contribution in [0.25, 0.3) is 25.0 Å². The van der Waals surface area contributed by atoms with Gasteiger partial charge >= 0.3 is 154 Å². The van der Waals surface area contributed by atoms with Gasteiger partial charge in [-0.15, -0.1) is 0 Å². The topological polar surface area (TPSA) is 61.0 Å². The molecule has 25 heavy (non-hydrogen) atoms. The van der Waals surface area contributed by atoms with Gasteiger partial charge in [-0.05, 0) is 0 Å². The first-order valence-electron chi connectivity index (χ1n) is 7.85. The first-order chi connectivity index (χ1) is 12.0. The molecule has 2 heterocycles. The van der Waals surface area contributed by atoms with Crippen LogP contribution in [-0.4, -0.2) is 40.3 Å². The normalized spacial score (nSPS) is 12.5. The summed E-state index contributed by atoms with van der Waals surface area (Å²) in [5.41, 5.74) is 1.71. The van der Waals surface area contributed by atoms with Gasteiger partial charge in [0.1, 0.15) is 0 Å². The number of rotatable bonds is 3. The van der Waals surface area contributed by atoms with Crippen molar-refractivity contribution >= 4 is 52.1 Å². The van der Waals surface area contributed by atoms with Gasteiger partial charge in [0.25, 0.3) is 0 Å². The minimum atomic E-state index is -0.101. The van der Waals surface area contributed by atoms with Gasteiger partial charge in [0.15, 0.2) is 0 Å². The van der Waals surface area contributed by atoms with Gasteiger partial charge in [0.2, 0.25) is 0 Å². The van der Waals surface area contributed by atoms with Crippen LogP contribution < -0.4 is 5.56 Å². The number of benzene rings is 2. The van der Waals surface area contributed by atoms with Gasteiger partial charge < -0.3 is 0 Å². The first-order valence-corrected chi connectivity index (χ1v) is 10.3. The molecule has 0 aliphatic carbocycles. The molecular formula is C18H15N3O2SSe. The fourth-order valence-corrected chi connectivity index (χ4v) is 5.71. The van der Waals surface area contributed by atoms with Crippen molar-refractivity contribution in [3.8, 4) is 5.13 Å². The van der Waals surface area contributed by atoms with Crippen LogP contribution in [0.3, 0.4) is 0 Å². The molecule has 5 nitrogen and oxygen atoms in total. The van der Waals surface area contributed by atoms with E-state index < -0.39 is 0 Å². The zero-order chi connectivity index (χ0) is 17.6. The Bertz CT molecular complexity index is 1170. The van der Waals surface area contributed by atoms with Crippen LogP contribution in [0.1, 0.15) is 19.4 Å². The second-order valence-corrected chi connectivity index (χ2v) is 9.07. The molecule has 2 aromatic heterocycles. The number of nitrogens with zero attached hydrogens (tertiary/aromatic N) is 3. The molecule has 4 rings (SSSR count). The molecule has 0 aliphatic rings. The van der Waals surface area contributed by atoms with Crippen LogP contribution in [0.4, 0.5) is 0 Å². The minimum absolute atomic E-state index is 0.0204. The molecule has 2 aromatic carbocycles. The summed E-state index contributed by atoms with van der Waals surface area (Å²) in [5, 5.41) is 13.3. The first kappa shape index (κ1) is 16.3. The Morgan fingerprint density at radius 2 is 2.08 bits per heavy atom. The van der Waals surface area contributed by atoms with Gasteiger partial charge in [-0.25, -0.2) is 0 Å². The summed E-state index contributed by atoms with van der Waals surface area (Å²) in [6, 6.07) is 13.3. The summed E-state index contributed by atoms with van der Waals surface area (Å²) < 4.78 is 4.78. The van der Waals surface area contributed by atoms with E-state index in [9.17, 15) is 10.0 Å². The molecule has 0 N–H and O–H groups in total. The fraction of sp³-hybridized carbons (Fsp3) is 0.167. The van der Waals surface area contributed by atoms with Crippen LogP contribution >= 0.6 is 11.3 Å². The van der Waals surface area contributed by atoms with Gasteiger partial charge in [-0.3, -0.25) is 0 Å². The maximum atomic E-state index is 12.6.